The largest absolute Gasteiger partial charge is 0.303 e. The monoisotopic (exact) mass is 240 g/mol. The average Bonchev–Trinajstić information content (AvgIpc) is 2.25. The fourth-order valence-corrected chi connectivity index (χ4v) is 2.07. The Morgan fingerprint density at radius 2 is 1.35 bits per heavy atom. The van der Waals surface area contributed by atoms with Crippen LogP contribution in [0.5, 0.6) is 0 Å². The van der Waals surface area contributed by atoms with Crippen LogP contribution in [-0.2, 0) is 4.79 Å². The van der Waals surface area contributed by atoms with Crippen molar-refractivity contribution >= 4 is 6.29 Å². The van der Waals surface area contributed by atoms with Crippen LogP contribution >= 0.6 is 0 Å². The summed E-state index contributed by atoms with van der Waals surface area (Å²) in [4.78, 5) is 10.4. The molecule has 0 radical (unpaired) electrons. The van der Waals surface area contributed by atoms with E-state index in [1.165, 1.54) is 51.4 Å². The quantitative estimate of drug-likeness (QED) is 0.370. The second kappa shape index (κ2) is 9.67. The maximum absolute atomic E-state index is 10.4. The van der Waals surface area contributed by atoms with E-state index in [0.717, 1.165) is 12.7 Å². The van der Waals surface area contributed by atoms with E-state index in [2.05, 4.69) is 20.8 Å². The highest BCUT2D eigenvalue weighted by atomic mass is 16.1. The Morgan fingerprint density at radius 3 is 1.82 bits per heavy atom. The molecule has 0 aromatic heterocycles. The summed E-state index contributed by atoms with van der Waals surface area (Å²) < 4.78 is 0. The molecular weight excluding hydrogens is 208 g/mol. The number of aldehydes is 1. The number of rotatable bonds is 10. The molecule has 0 fully saturated rings. The Morgan fingerprint density at radius 1 is 0.882 bits per heavy atom. The van der Waals surface area contributed by atoms with Crippen molar-refractivity contribution in [1.29, 1.82) is 0 Å². The van der Waals surface area contributed by atoms with Crippen LogP contribution in [0.2, 0.25) is 0 Å². The molecule has 0 spiro atoms. The molecule has 0 heterocycles. The highest BCUT2D eigenvalue weighted by molar-refractivity contribution is 5.52. The molecule has 0 saturated carbocycles. The van der Waals surface area contributed by atoms with E-state index >= 15 is 0 Å². The summed E-state index contributed by atoms with van der Waals surface area (Å²) in [5.41, 5.74) is 0.505. The molecule has 0 saturated heterocycles. The molecule has 0 aromatic carbocycles. The summed E-state index contributed by atoms with van der Waals surface area (Å²) in [6, 6.07) is 0. The van der Waals surface area contributed by atoms with E-state index in [0.29, 0.717) is 5.41 Å². The molecule has 102 valence electrons. The minimum absolute atomic E-state index is 0.266. The van der Waals surface area contributed by atoms with Crippen LogP contribution in [0.15, 0.2) is 0 Å². The molecule has 0 aliphatic heterocycles. The molecule has 0 rings (SSSR count). The van der Waals surface area contributed by atoms with Gasteiger partial charge in [0.2, 0.25) is 0 Å². The fraction of sp³-hybridized carbons (Fsp3) is 0.938. The van der Waals surface area contributed by atoms with E-state index in [1.807, 2.05) is 6.92 Å². The van der Waals surface area contributed by atoms with Crippen LogP contribution in [0, 0.1) is 11.3 Å². The summed E-state index contributed by atoms with van der Waals surface area (Å²) in [6.07, 6.45) is 12.9. The lowest BCUT2D eigenvalue weighted by atomic mass is 9.89. The van der Waals surface area contributed by atoms with Gasteiger partial charge >= 0.3 is 0 Å². The van der Waals surface area contributed by atoms with Gasteiger partial charge < -0.3 is 4.79 Å². The van der Waals surface area contributed by atoms with Crippen molar-refractivity contribution in [2.45, 2.75) is 85.5 Å². The lowest BCUT2D eigenvalue weighted by Gasteiger charge is -2.17. The fourth-order valence-electron chi connectivity index (χ4n) is 2.07. The zero-order valence-electron chi connectivity index (χ0n) is 12.4. The van der Waals surface area contributed by atoms with Gasteiger partial charge in [0.1, 0.15) is 6.29 Å². The second-order valence-electron chi connectivity index (χ2n) is 6.69. The van der Waals surface area contributed by atoms with Crippen LogP contribution in [0.4, 0.5) is 0 Å². The summed E-state index contributed by atoms with van der Waals surface area (Å²) in [5.74, 6) is 0.266. The summed E-state index contributed by atoms with van der Waals surface area (Å²) >= 11 is 0. The number of hydrogen-bond donors (Lipinski definition) is 0. The molecule has 0 aliphatic carbocycles. The third kappa shape index (κ3) is 13.6. The molecule has 1 nitrogen and oxygen atoms in total. The van der Waals surface area contributed by atoms with Gasteiger partial charge in [-0.1, -0.05) is 72.6 Å². The van der Waals surface area contributed by atoms with Crippen molar-refractivity contribution in [3.8, 4) is 0 Å². The zero-order chi connectivity index (χ0) is 13.1. The van der Waals surface area contributed by atoms with Crippen LogP contribution < -0.4 is 0 Å². The predicted octanol–water partition coefficient (Wildman–Crippen LogP) is 5.38. The Labute approximate surface area is 108 Å². The minimum Gasteiger partial charge on any atom is -0.303 e. The van der Waals surface area contributed by atoms with Gasteiger partial charge in [0.05, 0.1) is 0 Å². The lowest BCUT2D eigenvalue weighted by Crippen LogP contribution is -2.03. The molecule has 0 bridgehead atoms. The van der Waals surface area contributed by atoms with Gasteiger partial charge in [0.15, 0.2) is 0 Å². The van der Waals surface area contributed by atoms with E-state index in [9.17, 15) is 4.79 Å². The van der Waals surface area contributed by atoms with Crippen LogP contribution in [0.3, 0.4) is 0 Å². The Kier molecular flexibility index (Phi) is 9.49. The third-order valence-corrected chi connectivity index (χ3v) is 3.32. The van der Waals surface area contributed by atoms with Crippen molar-refractivity contribution < 1.29 is 4.79 Å². The highest BCUT2D eigenvalue weighted by Crippen LogP contribution is 2.22. The lowest BCUT2D eigenvalue weighted by molar-refractivity contribution is -0.110. The number of carbonyl (C=O) groups is 1. The van der Waals surface area contributed by atoms with E-state index in [-0.39, 0.29) is 5.92 Å². The summed E-state index contributed by atoms with van der Waals surface area (Å²) in [5, 5.41) is 0. The van der Waals surface area contributed by atoms with E-state index in [4.69, 9.17) is 0 Å². The molecule has 0 amide bonds. The van der Waals surface area contributed by atoms with Crippen molar-refractivity contribution in [3.63, 3.8) is 0 Å². The SMILES string of the molecule is CC(C=O)CCCCCCCCCC(C)(C)C. The van der Waals surface area contributed by atoms with Gasteiger partial charge in [-0.25, -0.2) is 0 Å². The smallest absolute Gasteiger partial charge is 0.122 e. The van der Waals surface area contributed by atoms with Gasteiger partial charge in [-0.2, -0.15) is 0 Å². The van der Waals surface area contributed by atoms with E-state index in [1.54, 1.807) is 0 Å². The molecule has 1 unspecified atom stereocenters. The second-order valence-corrected chi connectivity index (χ2v) is 6.69. The van der Waals surface area contributed by atoms with E-state index < -0.39 is 0 Å². The van der Waals surface area contributed by atoms with Crippen LogP contribution in [0.1, 0.15) is 85.5 Å². The Bertz CT molecular complexity index is 178. The first-order valence-corrected chi connectivity index (χ1v) is 7.41. The Balaban J connectivity index is 3.11. The van der Waals surface area contributed by atoms with Crippen molar-refractivity contribution in [3.05, 3.63) is 0 Å². The number of unbranched alkanes of at least 4 members (excludes halogenated alkanes) is 6. The van der Waals surface area contributed by atoms with Crippen molar-refractivity contribution in [2.75, 3.05) is 0 Å². The maximum Gasteiger partial charge on any atom is 0.122 e. The average molecular weight is 240 g/mol. The van der Waals surface area contributed by atoms with Crippen LogP contribution in [0.25, 0.3) is 0 Å². The van der Waals surface area contributed by atoms with Gasteiger partial charge in [-0.3, -0.25) is 0 Å². The molecule has 0 aliphatic rings. The van der Waals surface area contributed by atoms with Crippen molar-refractivity contribution in [2.24, 2.45) is 11.3 Å². The topological polar surface area (TPSA) is 17.1 Å². The molecule has 0 aromatic rings. The molecule has 1 heteroatoms. The number of carbonyl (C=O) groups excluding carboxylic acids is 1. The van der Waals surface area contributed by atoms with Gasteiger partial charge in [-0.05, 0) is 18.3 Å². The van der Waals surface area contributed by atoms with Crippen molar-refractivity contribution in [1.82, 2.24) is 0 Å². The first kappa shape index (κ1) is 16.7. The molecule has 1 atom stereocenters. The summed E-state index contributed by atoms with van der Waals surface area (Å²) in [7, 11) is 0. The minimum atomic E-state index is 0.266. The molecular formula is C16H32O. The Hall–Kier alpha value is -0.330. The zero-order valence-corrected chi connectivity index (χ0v) is 12.4. The van der Waals surface area contributed by atoms with Crippen LogP contribution in [-0.4, -0.2) is 6.29 Å². The maximum atomic E-state index is 10.4. The first-order chi connectivity index (χ1) is 7.95. The summed E-state index contributed by atoms with van der Waals surface area (Å²) in [6.45, 7) is 8.98. The first-order valence-electron chi connectivity index (χ1n) is 7.41. The third-order valence-electron chi connectivity index (χ3n) is 3.32. The molecule has 17 heavy (non-hydrogen) atoms. The normalized spacial score (nSPS) is 13.6. The number of hydrogen-bond acceptors (Lipinski definition) is 1. The standard InChI is InChI=1S/C16H32O/c1-15(14-17)12-10-8-6-5-7-9-11-13-16(2,3)4/h14-15H,5-13H2,1-4H3. The van der Waals surface area contributed by atoms with Gasteiger partial charge in [-0.15, -0.1) is 0 Å². The predicted molar refractivity (Wildman–Crippen MR) is 76.2 cm³/mol. The highest BCUT2D eigenvalue weighted by Gasteiger charge is 2.08. The molecule has 0 N–H and O–H groups in total. The van der Waals surface area contributed by atoms with Gasteiger partial charge in [0.25, 0.3) is 0 Å². The van der Waals surface area contributed by atoms with Gasteiger partial charge in [0, 0.05) is 5.92 Å².